The molecule has 2 saturated heterocycles. The molecule has 4 rings (SSSR count). The Kier molecular flexibility index (Phi) is 5.57. The Hall–Kier alpha value is -1.71. The lowest BCUT2D eigenvalue weighted by Gasteiger charge is -2.35. The number of aryl methyl sites for hydroxylation is 2. The summed E-state index contributed by atoms with van der Waals surface area (Å²) in [6.45, 7) is 7.23. The molecule has 2 aromatic rings. The van der Waals surface area contributed by atoms with Gasteiger partial charge in [0.1, 0.15) is 10.7 Å². The number of hydrogen-bond donors (Lipinski definition) is 0. The highest BCUT2D eigenvalue weighted by molar-refractivity contribution is 7.89. The number of imidazole rings is 1. The summed E-state index contributed by atoms with van der Waals surface area (Å²) in [6.07, 6.45) is 8.75. The second-order valence-corrected chi connectivity index (χ2v) is 9.64. The quantitative estimate of drug-likeness (QED) is 0.760. The van der Waals surface area contributed by atoms with Gasteiger partial charge in [0, 0.05) is 62.9 Å². The third-order valence-corrected chi connectivity index (χ3v) is 7.71. The lowest BCUT2D eigenvalue weighted by molar-refractivity contribution is 0.0819. The van der Waals surface area contributed by atoms with Crippen LogP contribution >= 0.6 is 0 Å². The minimum absolute atomic E-state index is 0.116. The van der Waals surface area contributed by atoms with E-state index in [1.165, 1.54) is 6.20 Å². The number of rotatable bonds is 5. The normalized spacial score (nSPS) is 22.6. The van der Waals surface area contributed by atoms with Crippen molar-refractivity contribution in [2.24, 2.45) is 0 Å². The van der Waals surface area contributed by atoms with Crippen molar-refractivity contribution in [3.63, 3.8) is 0 Å². The first-order valence-corrected chi connectivity index (χ1v) is 11.6. The molecule has 1 unspecified atom stereocenters. The van der Waals surface area contributed by atoms with Crippen molar-refractivity contribution in [3.05, 3.63) is 30.1 Å². The molecule has 2 aliphatic heterocycles. The molecule has 2 aliphatic rings. The van der Waals surface area contributed by atoms with E-state index < -0.39 is 10.0 Å². The van der Waals surface area contributed by atoms with Crippen LogP contribution in [0.4, 0.5) is 0 Å². The lowest BCUT2D eigenvalue weighted by atomic mass is 9.98. The van der Waals surface area contributed by atoms with E-state index in [9.17, 15) is 8.42 Å². The molecule has 9 heteroatoms. The van der Waals surface area contributed by atoms with E-state index in [0.29, 0.717) is 25.6 Å². The van der Waals surface area contributed by atoms with E-state index >= 15 is 0 Å². The van der Waals surface area contributed by atoms with Crippen molar-refractivity contribution in [2.45, 2.75) is 62.9 Å². The van der Waals surface area contributed by atoms with E-state index in [1.807, 2.05) is 13.1 Å². The fourth-order valence-corrected chi connectivity index (χ4v) is 5.82. The minimum atomic E-state index is -3.53. The van der Waals surface area contributed by atoms with Crippen LogP contribution in [0.5, 0.6) is 0 Å². The SMILES string of the molecule is CCn1cc(S(=O)(=O)N2CCCC(n3c(C)cnc3C3CCOCC3)C2)cn1. The smallest absolute Gasteiger partial charge is 0.246 e. The van der Waals surface area contributed by atoms with Crippen LogP contribution < -0.4 is 0 Å². The average molecular weight is 408 g/mol. The third-order valence-electron chi connectivity index (χ3n) is 5.89. The number of hydrogen-bond acceptors (Lipinski definition) is 5. The summed E-state index contributed by atoms with van der Waals surface area (Å²) in [5.41, 5.74) is 1.10. The van der Waals surface area contributed by atoms with Crippen LogP contribution in [0.1, 0.15) is 56.1 Å². The largest absolute Gasteiger partial charge is 0.381 e. The Morgan fingerprint density at radius 1 is 1.21 bits per heavy atom. The van der Waals surface area contributed by atoms with Crippen LogP contribution in [0.3, 0.4) is 0 Å². The highest BCUT2D eigenvalue weighted by atomic mass is 32.2. The Morgan fingerprint density at radius 3 is 2.71 bits per heavy atom. The predicted octanol–water partition coefficient (Wildman–Crippen LogP) is 2.33. The molecule has 154 valence electrons. The van der Waals surface area contributed by atoms with Crippen molar-refractivity contribution in [1.29, 1.82) is 0 Å². The standard InChI is InChI=1S/C19H29N5O3S/c1-3-22-14-18(12-21-22)28(25,26)23-8-4-5-17(13-23)24-15(2)11-20-19(24)16-6-9-27-10-7-16/h11-12,14,16-17H,3-10,13H2,1-2H3. The fourth-order valence-electron chi connectivity index (χ4n) is 4.35. The summed E-state index contributed by atoms with van der Waals surface area (Å²) in [4.78, 5) is 4.98. The van der Waals surface area contributed by atoms with Gasteiger partial charge in [-0.25, -0.2) is 13.4 Å². The lowest BCUT2D eigenvalue weighted by Crippen LogP contribution is -2.41. The predicted molar refractivity (Wildman–Crippen MR) is 105 cm³/mol. The summed E-state index contributed by atoms with van der Waals surface area (Å²) in [6, 6.07) is 0.116. The molecule has 0 radical (unpaired) electrons. The summed E-state index contributed by atoms with van der Waals surface area (Å²) in [5.74, 6) is 1.47. The molecule has 0 aromatic carbocycles. The van der Waals surface area contributed by atoms with Gasteiger partial charge >= 0.3 is 0 Å². The molecule has 2 aromatic heterocycles. The Bertz CT molecular complexity index is 914. The van der Waals surface area contributed by atoms with Crippen LogP contribution in [-0.2, 0) is 21.3 Å². The summed E-state index contributed by atoms with van der Waals surface area (Å²) in [7, 11) is -3.53. The molecule has 28 heavy (non-hydrogen) atoms. The third kappa shape index (κ3) is 3.62. The van der Waals surface area contributed by atoms with Crippen molar-refractivity contribution in [2.75, 3.05) is 26.3 Å². The van der Waals surface area contributed by atoms with Crippen molar-refractivity contribution in [1.82, 2.24) is 23.6 Å². The van der Waals surface area contributed by atoms with E-state index in [1.54, 1.807) is 15.2 Å². The maximum absolute atomic E-state index is 13.1. The van der Waals surface area contributed by atoms with E-state index in [0.717, 1.165) is 50.4 Å². The molecule has 1 atom stereocenters. The molecule has 0 amide bonds. The van der Waals surface area contributed by atoms with Crippen LogP contribution in [0.15, 0.2) is 23.5 Å². The van der Waals surface area contributed by atoms with E-state index in [4.69, 9.17) is 9.72 Å². The second kappa shape index (κ2) is 7.96. The first kappa shape index (κ1) is 19.6. The van der Waals surface area contributed by atoms with Gasteiger partial charge in [0.2, 0.25) is 10.0 Å². The summed E-state index contributed by atoms with van der Waals surface area (Å²) in [5, 5.41) is 4.14. The van der Waals surface area contributed by atoms with E-state index in [-0.39, 0.29) is 10.9 Å². The molecule has 2 fully saturated rings. The van der Waals surface area contributed by atoms with Gasteiger partial charge in [-0.15, -0.1) is 0 Å². The molecule has 0 aliphatic carbocycles. The Balaban J connectivity index is 1.58. The molecular weight excluding hydrogens is 378 g/mol. The monoisotopic (exact) mass is 407 g/mol. The topological polar surface area (TPSA) is 82.2 Å². The van der Waals surface area contributed by atoms with Gasteiger partial charge in [0.15, 0.2) is 0 Å². The zero-order valence-corrected chi connectivity index (χ0v) is 17.4. The average Bonchev–Trinajstić information content (AvgIpc) is 3.36. The molecule has 0 N–H and O–H groups in total. The number of piperidine rings is 1. The van der Waals surface area contributed by atoms with Gasteiger partial charge in [-0.3, -0.25) is 4.68 Å². The first-order valence-electron chi connectivity index (χ1n) is 10.1. The maximum atomic E-state index is 13.1. The number of aromatic nitrogens is 4. The highest BCUT2D eigenvalue weighted by Crippen LogP contribution is 2.33. The zero-order chi connectivity index (χ0) is 19.7. The van der Waals surface area contributed by atoms with Gasteiger partial charge in [-0.2, -0.15) is 9.40 Å². The highest BCUT2D eigenvalue weighted by Gasteiger charge is 2.34. The number of nitrogens with zero attached hydrogens (tertiary/aromatic N) is 5. The van der Waals surface area contributed by atoms with E-state index in [2.05, 4.69) is 16.6 Å². The van der Waals surface area contributed by atoms with Crippen LogP contribution in [0.25, 0.3) is 0 Å². The second-order valence-electron chi connectivity index (χ2n) is 7.71. The molecule has 8 nitrogen and oxygen atoms in total. The van der Waals surface area contributed by atoms with Gasteiger partial charge in [0.25, 0.3) is 0 Å². The van der Waals surface area contributed by atoms with Crippen molar-refractivity contribution >= 4 is 10.0 Å². The van der Waals surface area contributed by atoms with Gasteiger partial charge in [-0.1, -0.05) is 0 Å². The molecular formula is C19H29N5O3S. The first-order chi connectivity index (χ1) is 13.5. The van der Waals surface area contributed by atoms with Crippen LogP contribution in [0, 0.1) is 6.92 Å². The van der Waals surface area contributed by atoms with Crippen molar-refractivity contribution in [3.8, 4) is 0 Å². The molecule has 0 saturated carbocycles. The van der Waals surface area contributed by atoms with Gasteiger partial charge < -0.3 is 9.30 Å². The zero-order valence-electron chi connectivity index (χ0n) is 16.6. The summed E-state index contributed by atoms with van der Waals surface area (Å²) >= 11 is 0. The Morgan fingerprint density at radius 2 is 2.00 bits per heavy atom. The van der Waals surface area contributed by atoms with Gasteiger partial charge in [0.05, 0.1) is 6.20 Å². The number of sulfonamides is 1. The molecule has 0 bridgehead atoms. The van der Waals surface area contributed by atoms with Crippen LogP contribution in [-0.4, -0.2) is 58.4 Å². The summed E-state index contributed by atoms with van der Waals surface area (Å²) < 4.78 is 37.3. The molecule has 0 spiro atoms. The fraction of sp³-hybridized carbons (Fsp3) is 0.684. The minimum Gasteiger partial charge on any atom is -0.381 e. The molecule has 4 heterocycles. The maximum Gasteiger partial charge on any atom is 0.246 e. The van der Waals surface area contributed by atoms with Crippen molar-refractivity contribution < 1.29 is 13.2 Å². The Labute approximate surface area is 166 Å². The van der Waals surface area contributed by atoms with Crippen LogP contribution in [0.2, 0.25) is 0 Å². The van der Waals surface area contributed by atoms with Gasteiger partial charge in [-0.05, 0) is 39.5 Å². The number of ether oxygens (including phenoxy) is 1.